The first-order valence-electron chi connectivity index (χ1n) is 6.12. The predicted molar refractivity (Wildman–Crippen MR) is 75.8 cm³/mol. The van der Waals surface area contributed by atoms with E-state index in [4.69, 9.17) is 0 Å². The molecular formula is C15H12BrF3O2. The lowest BCUT2D eigenvalue weighted by Crippen LogP contribution is -2.04. The number of hydrogen-bond acceptors (Lipinski definition) is 2. The average molecular weight is 361 g/mol. The van der Waals surface area contributed by atoms with Gasteiger partial charge in [0.05, 0.1) is 10.6 Å². The fraction of sp³-hybridized carbons (Fsp3) is 0.200. The molecule has 6 heteroatoms. The van der Waals surface area contributed by atoms with E-state index >= 15 is 0 Å². The molecule has 0 amide bonds. The summed E-state index contributed by atoms with van der Waals surface area (Å²) in [6.07, 6.45) is -0.531. The van der Waals surface area contributed by atoms with Crippen LogP contribution in [-0.2, 0) is 6.42 Å². The van der Waals surface area contributed by atoms with E-state index < -0.39 is 12.7 Å². The Kier molecular flexibility index (Phi) is 5.25. The minimum Gasteiger partial charge on any atom is -0.435 e. The van der Waals surface area contributed by atoms with Crippen LogP contribution in [0.25, 0.3) is 0 Å². The molecule has 2 aromatic rings. The summed E-state index contributed by atoms with van der Waals surface area (Å²) >= 11 is 3.08. The fourth-order valence-electron chi connectivity index (χ4n) is 1.88. The molecule has 1 N–H and O–H groups in total. The van der Waals surface area contributed by atoms with Crippen LogP contribution < -0.4 is 4.74 Å². The average Bonchev–Trinajstić information content (AvgIpc) is 2.43. The highest BCUT2D eigenvalue weighted by Crippen LogP contribution is 2.24. The van der Waals surface area contributed by atoms with Crippen molar-refractivity contribution in [2.45, 2.75) is 19.1 Å². The molecule has 0 radical (unpaired) electrons. The van der Waals surface area contributed by atoms with Crippen LogP contribution >= 0.6 is 15.9 Å². The zero-order valence-corrected chi connectivity index (χ0v) is 12.4. The Bertz CT molecular complexity index is 602. The van der Waals surface area contributed by atoms with Gasteiger partial charge in [0.2, 0.25) is 0 Å². The molecular weight excluding hydrogens is 349 g/mol. The lowest BCUT2D eigenvalue weighted by Gasteiger charge is -2.12. The van der Waals surface area contributed by atoms with Crippen LogP contribution in [0, 0.1) is 5.82 Å². The molecule has 0 fully saturated rings. The van der Waals surface area contributed by atoms with E-state index in [-0.39, 0.29) is 18.0 Å². The summed E-state index contributed by atoms with van der Waals surface area (Å²) in [4.78, 5) is 0. The molecule has 2 nitrogen and oxygen atoms in total. The third-order valence-corrected chi connectivity index (χ3v) is 3.51. The van der Waals surface area contributed by atoms with Crippen molar-refractivity contribution in [3.63, 3.8) is 0 Å². The number of benzene rings is 2. The lowest BCUT2D eigenvalue weighted by atomic mass is 10.0. The first-order valence-corrected chi connectivity index (χ1v) is 6.92. The van der Waals surface area contributed by atoms with E-state index in [2.05, 4.69) is 20.7 Å². The third-order valence-electron chi connectivity index (χ3n) is 2.90. The topological polar surface area (TPSA) is 29.5 Å². The smallest absolute Gasteiger partial charge is 0.387 e. The normalized spacial score (nSPS) is 12.5. The van der Waals surface area contributed by atoms with Crippen molar-refractivity contribution >= 4 is 15.9 Å². The number of ether oxygens (including phenoxy) is 1. The molecule has 0 heterocycles. The van der Waals surface area contributed by atoms with Crippen LogP contribution in [-0.4, -0.2) is 11.7 Å². The fourth-order valence-corrected chi connectivity index (χ4v) is 2.31. The maximum absolute atomic E-state index is 13.1. The van der Waals surface area contributed by atoms with Gasteiger partial charge in [0.25, 0.3) is 0 Å². The second-order valence-corrected chi connectivity index (χ2v) is 5.27. The van der Waals surface area contributed by atoms with Crippen LogP contribution in [0.4, 0.5) is 13.2 Å². The Morgan fingerprint density at radius 1 is 1.10 bits per heavy atom. The number of rotatable bonds is 5. The van der Waals surface area contributed by atoms with Crippen LogP contribution in [0.5, 0.6) is 5.75 Å². The highest BCUT2D eigenvalue weighted by atomic mass is 79.9. The third kappa shape index (κ3) is 4.47. The van der Waals surface area contributed by atoms with Gasteiger partial charge in [-0.1, -0.05) is 18.2 Å². The molecule has 0 bridgehead atoms. The molecule has 1 unspecified atom stereocenters. The molecule has 0 spiro atoms. The minimum absolute atomic E-state index is 0.0328. The summed E-state index contributed by atoms with van der Waals surface area (Å²) in [6.45, 7) is -2.88. The monoisotopic (exact) mass is 360 g/mol. The van der Waals surface area contributed by atoms with E-state index in [1.54, 1.807) is 12.1 Å². The predicted octanol–water partition coefficient (Wildman–Crippen LogP) is 4.47. The number of halogens is 4. The van der Waals surface area contributed by atoms with Crippen LogP contribution in [0.2, 0.25) is 0 Å². The lowest BCUT2D eigenvalue weighted by molar-refractivity contribution is -0.0498. The van der Waals surface area contributed by atoms with Gasteiger partial charge in [-0.05, 0) is 51.3 Å². The van der Waals surface area contributed by atoms with Gasteiger partial charge in [0.1, 0.15) is 11.6 Å². The molecule has 0 saturated heterocycles. The zero-order chi connectivity index (χ0) is 15.4. The molecule has 0 aromatic heterocycles. The Balaban J connectivity index is 2.05. The number of hydrogen-bond donors (Lipinski definition) is 1. The SMILES string of the molecule is OC(Cc1ccc(F)c(Br)c1)c1ccc(OC(F)F)cc1. The number of aliphatic hydroxyl groups excluding tert-OH is 1. The molecule has 2 aromatic carbocycles. The van der Waals surface area contributed by atoms with Gasteiger partial charge in [-0.2, -0.15) is 8.78 Å². The van der Waals surface area contributed by atoms with Gasteiger partial charge >= 0.3 is 6.61 Å². The zero-order valence-electron chi connectivity index (χ0n) is 10.8. The summed E-state index contributed by atoms with van der Waals surface area (Å²) in [5.41, 5.74) is 1.32. The van der Waals surface area contributed by atoms with Crippen molar-refractivity contribution in [2.24, 2.45) is 0 Å². The van der Waals surface area contributed by atoms with E-state index in [9.17, 15) is 18.3 Å². The van der Waals surface area contributed by atoms with Gasteiger partial charge in [-0.3, -0.25) is 0 Å². The molecule has 21 heavy (non-hydrogen) atoms. The van der Waals surface area contributed by atoms with Crippen LogP contribution in [0.1, 0.15) is 17.2 Å². The van der Waals surface area contributed by atoms with Gasteiger partial charge in [-0.15, -0.1) is 0 Å². The van der Waals surface area contributed by atoms with Crippen LogP contribution in [0.15, 0.2) is 46.9 Å². The molecule has 0 aliphatic rings. The standard InChI is InChI=1S/C15H12BrF3O2/c16-12-7-9(1-6-13(12)17)8-14(20)10-2-4-11(5-3-10)21-15(18)19/h1-7,14-15,20H,8H2. The van der Waals surface area contributed by atoms with Crippen molar-refractivity contribution in [3.8, 4) is 5.75 Å². The quantitative estimate of drug-likeness (QED) is 0.852. The summed E-state index contributed by atoms with van der Waals surface area (Å²) in [5, 5.41) is 10.1. The number of alkyl halides is 2. The van der Waals surface area contributed by atoms with E-state index in [0.29, 0.717) is 10.0 Å². The van der Waals surface area contributed by atoms with Gasteiger partial charge < -0.3 is 9.84 Å². The molecule has 112 valence electrons. The van der Waals surface area contributed by atoms with Crippen molar-refractivity contribution in [1.82, 2.24) is 0 Å². The maximum Gasteiger partial charge on any atom is 0.387 e. The van der Waals surface area contributed by atoms with Crippen molar-refractivity contribution in [1.29, 1.82) is 0 Å². The Hall–Kier alpha value is -1.53. The van der Waals surface area contributed by atoms with Gasteiger partial charge in [0.15, 0.2) is 0 Å². The molecule has 0 saturated carbocycles. The van der Waals surface area contributed by atoms with Crippen LogP contribution in [0.3, 0.4) is 0 Å². The summed E-state index contributed by atoms with van der Waals surface area (Å²) in [6, 6.07) is 10.2. The first-order chi connectivity index (χ1) is 9.95. The van der Waals surface area contributed by atoms with Crippen molar-refractivity contribution in [2.75, 3.05) is 0 Å². The first kappa shape index (κ1) is 15.9. The van der Waals surface area contributed by atoms with Gasteiger partial charge in [0, 0.05) is 6.42 Å². The Morgan fingerprint density at radius 3 is 2.33 bits per heavy atom. The summed E-state index contributed by atoms with van der Waals surface area (Å²) in [5.74, 6) is -0.341. The van der Waals surface area contributed by atoms with Gasteiger partial charge in [-0.25, -0.2) is 4.39 Å². The Morgan fingerprint density at radius 2 is 1.76 bits per heavy atom. The Labute approximate surface area is 128 Å². The summed E-state index contributed by atoms with van der Waals surface area (Å²) < 4.78 is 41.7. The molecule has 0 aliphatic heterocycles. The molecule has 1 atom stereocenters. The highest BCUT2D eigenvalue weighted by molar-refractivity contribution is 9.10. The van der Waals surface area contributed by atoms with E-state index in [1.165, 1.54) is 30.3 Å². The van der Waals surface area contributed by atoms with E-state index in [1.807, 2.05) is 0 Å². The van der Waals surface area contributed by atoms with E-state index in [0.717, 1.165) is 5.56 Å². The largest absolute Gasteiger partial charge is 0.435 e. The second kappa shape index (κ2) is 6.95. The second-order valence-electron chi connectivity index (χ2n) is 4.42. The van der Waals surface area contributed by atoms with Crippen molar-refractivity contribution < 1.29 is 23.0 Å². The van der Waals surface area contributed by atoms with Crippen molar-refractivity contribution in [3.05, 3.63) is 63.9 Å². The highest BCUT2D eigenvalue weighted by Gasteiger charge is 2.11. The minimum atomic E-state index is -2.88. The maximum atomic E-state index is 13.1. The summed E-state index contributed by atoms with van der Waals surface area (Å²) in [7, 11) is 0. The molecule has 2 rings (SSSR count). The number of aliphatic hydroxyl groups is 1. The molecule has 0 aliphatic carbocycles.